The van der Waals surface area contributed by atoms with Gasteiger partial charge >= 0.3 is 0 Å². The Kier molecular flexibility index (Phi) is 1.80. The molecule has 0 bridgehead atoms. The zero-order valence-corrected chi connectivity index (χ0v) is 9.79. The molecule has 0 saturated heterocycles. The van der Waals surface area contributed by atoms with E-state index in [-0.39, 0.29) is 4.32 Å². The fourth-order valence-corrected chi connectivity index (χ4v) is 2.62. The van der Waals surface area contributed by atoms with E-state index in [1.54, 1.807) is 0 Å². The maximum Gasteiger partial charge on any atom is 0.128 e. The van der Waals surface area contributed by atoms with E-state index in [1.165, 1.54) is 10.9 Å². The summed E-state index contributed by atoms with van der Waals surface area (Å²) in [6.45, 7) is 0. The average Bonchev–Trinajstić information content (AvgIpc) is 2.97. The highest BCUT2D eigenvalue weighted by atomic mass is 79.9. The quantitative estimate of drug-likeness (QED) is 0.802. The first kappa shape index (κ1) is 9.16. The van der Waals surface area contributed by atoms with E-state index in [1.807, 2.05) is 18.3 Å². The predicted molar refractivity (Wildman–Crippen MR) is 66.0 cm³/mol. The molecule has 2 N–H and O–H groups in total. The lowest BCUT2D eigenvalue weighted by molar-refractivity contribution is 1.06. The number of alkyl halides is 1. The molecule has 2 aromatic rings. The highest BCUT2D eigenvalue weighted by Gasteiger charge is 2.44. The van der Waals surface area contributed by atoms with Crippen molar-refractivity contribution in [3.05, 3.63) is 36.0 Å². The van der Waals surface area contributed by atoms with Gasteiger partial charge < -0.3 is 5.73 Å². The largest absolute Gasteiger partial charge is 0.383 e. The number of anilines is 1. The second kappa shape index (κ2) is 2.95. The lowest BCUT2D eigenvalue weighted by Crippen LogP contribution is -2.04. The van der Waals surface area contributed by atoms with Crippen molar-refractivity contribution in [2.75, 3.05) is 5.73 Å². The van der Waals surface area contributed by atoms with Crippen LogP contribution in [-0.4, -0.2) is 4.98 Å². The number of nitrogens with zero attached hydrogens (tertiary/aromatic N) is 1. The summed E-state index contributed by atoms with van der Waals surface area (Å²) in [5.74, 6) is 0.656. The number of hydrogen-bond acceptors (Lipinski definition) is 2. The van der Waals surface area contributed by atoms with Gasteiger partial charge in [-0.25, -0.2) is 4.98 Å². The summed E-state index contributed by atoms with van der Waals surface area (Å²) in [7, 11) is 0. The summed E-state index contributed by atoms with van der Waals surface area (Å²) in [4.78, 5) is 4.26. The topological polar surface area (TPSA) is 38.9 Å². The molecule has 76 valence electrons. The van der Waals surface area contributed by atoms with Gasteiger partial charge in [-0.3, -0.25) is 0 Å². The first-order valence-corrected chi connectivity index (χ1v) is 5.83. The van der Waals surface area contributed by atoms with Crippen LogP contribution in [0.3, 0.4) is 0 Å². The molecule has 1 fully saturated rings. The Labute approximate surface area is 96.6 Å². The van der Waals surface area contributed by atoms with Gasteiger partial charge in [-0.2, -0.15) is 0 Å². The highest BCUT2D eigenvalue weighted by Crippen LogP contribution is 2.56. The molecule has 1 aromatic heterocycles. The second-order valence-electron chi connectivity index (χ2n) is 4.07. The van der Waals surface area contributed by atoms with Gasteiger partial charge in [0.05, 0.1) is 4.32 Å². The lowest BCUT2D eigenvalue weighted by Gasteiger charge is -2.13. The van der Waals surface area contributed by atoms with Gasteiger partial charge in [0, 0.05) is 17.1 Å². The molecule has 1 aliphatic rings. The maximum absolute atomic E-state index is 5.97. The van der Waals surface area contributed by atoms with Gasteiger partial charge in [0.25, 0.3) is 0 Å². The van der Waals surface area contributed by atoms with Gasteiger partial charge in [0.2, 0.25) is 0 Å². The predicted octanol–water partition coefficient (Wildman–Crippen LogP) is 3.20. The number of nitrogen functional groups attached to an aromatic ring is 1. The Bertz CT molecular complexity index is 532. The first-order valence-electron chi connectivity index (χ1n) is 5.03. The third kappa shape index (κ3) is 1.34. The SMILES string of the molecule is Nc1ncc2ccccc2c1C1(Br)CC1. The van der Waals surface area contributed by atoms with E-state index < -0.39 is 0 Å². The van der Waals surface area contributed by atoms with E-state index >= 15 is 0 Å². The van der Waals surface area contributed by atoms with Crippen molar-refractivity contribution in [2.45, 2.75) is 17.2 Å². The van der Waals surface area contributed by atoms with Crippen molar-refractivity contribution in [2.24, 2.45) is 0 Å². The molecule has 0 unspecified atom stereocenters. The van der Waals surface area contributed by atoms with Gasteiger partial charge in [-0.1, -0.05) is 40.2 Å². The maximum atomic E-state index is 5.97. The van der Waals surface area contributed by atoms with Crippen molar-refractivity contribution in [3.63, 3.8) is 0 Å². The summed E-state index contributed by atoms with van der Waals surface area (Å²) in [5, 5.41) is 2.38. The Balaban J connectivity index is 2.38. The summed E-state index contributed by atoms with van der Waals surface area (Å²) < 4.78 is 0.0882. The Morgan fingerprint density at radius 3 is 2.73 bits per heavy atom. The molecule has 0 radical (unpaired) electrons. The zero-order valence-electron chi connectivity index (χ0n) is 8.20. The molecule has 1 heterocycles. The van der Waals surface area contributed by atoms with E-state index in [0.29, 0.717) is 5.82 Å². The Hall–Kier alpha value is -1.09. The van der Waals surface area contributed by atoms with Crippen LogP contribution in [0.5, 0.6) is 0 Å². The van der Waals surface area contributed by atoms with Crippen LogP contribution in [0.25, 0.3) is 10.8 Å². The number of aromatic nitrogens is 1. The molecule has 0 spiro atoms. The van der Waals surface area contributed by atoms with Crippen molar-refractivity contribution >= 4 is 32.5 Å². The number of halogens is 1. The summed E-state index contributed by atoms with van der Waals surface area (Å²) >= 11 is 3.75. The Morgan fingerprint density at radius 2 is 2.00 bits per heavy atom. The number of benzene rings is 1. The fraction of sp³-hybridized carbons (Fsp3) is 0.250. The summed E-state index contributed by atoms with van der Waals surface area (Å²) in [6.07, 6.45) is 4.13. The van der Waals surface area contributed by atoms with Crippen LogP contribution >= 0.6 is 15.9 Å². The van der Waals surface area contributed by atoms with Crippen LogP contribution < -0.4 is 5.73 Å². The number of fused-ring (bicyclic) bond motifs is 1. The van der Waals surface area contributed by atoms with Crippen LogP contribution in [0.2, 0.25) is 0 Å². The van der Waals surface area contributed by atoms with Crippen LogP contribution in [0.4, 0.5) is 5.82 Å². The highest BCUT2D eigenvalue weighted by molar-refractivity contribution is 9.09. The van der Waals surface area contributed by atoms with E-state index in [2.05, 4.69) is 33.0 Å². The van der Waals surface area contributed by atoms with Crippen LogP contribution in [0.1, 0.15) is 18.4 Å². The molecule has 0 amide bonds. The summed E-state index contributed by atoms with van der Waals surface area (Å²) in [5.41, 5.74) is 7.14. The molecule has 0 aliphatic heterocycles. The zero-order chi connectivity index (χ0) is 10.5. The van der Waals surface area contributed by atoms with Crippen molar-refractivity contribution in [1.82, 2.24) is 4.98 Å². The van der Waals surface area contributed by atoms with Crippen LogP contribution in [0.15, 0.2) is 30.5 Å². The van der Waals surface area contributed by atoms with Crippen molar-refractivity contribution in [1.29, 1.82) is 0 Å². The average molecular weight is 263 g/mol. The molecule has 15 heavy (non-hydrogen) atoms. The molecule has 2 nitrogen and oxygen atoms in total. The third-order valence-electron chi connectivity index (χ3n) is 2.97. The minimum Gasteiger partial charge on any atom is -0.383 e. The monoisotopic (exact) mass is 262 g/mol. The molecule has 3 rings (SSSR count). The molecular formula is C12H11BrN2. The Morgan fingerprint density at radius 1 is 1.27 bits per heavy atom. The molecular weight excluding hydrogens is 252 g/mol. The normalized spacial score (nSPS) is 17.9. The van der Waals surface area contributed by atoms with Gasteiger partial charge in [0.1, 0.15) is 5.82 Å². The van der Waals surface area contributed by atoms with Gasteiger partial charge in [-0.15, -0.1) is 0 Å². The van der Waals surface area contributed by atoms with Crippen molar-refractivity contribution < 1.29 is 0 Å². The minimum absolute atomic E-state index is 0.0882. The molecule has 3 heteroatoms. The third-order valence-corrected chi connectivity index (χ3v) is 4.16. The fourth-order valence-electron chi connectivity index (χ4n) is 2.01. The summed E-state index contributed by atoms with van der Waals surface area (Å²) in [6, 6.07) is 8.26. The van der Waals surface area contributed by atoms with E-state index in [0.717, 1.165) is 18.2 Å². The van der Waals surface area contributed by atoms with Crippen LogP contribution in [-0.2, 0) is 4.32 Å². The molecule has 0 atom stereocenters. The first-order chi connectivity index (χ1) is 7.21. The van der Waals surface area contributed by atoms with Gasteiger partial charge in [0.15, 0.2) is 0 Å². The lowest BCUT2D eigenvalue weighted by atomic mass is 10.0. The standard InChI is InChI=1S/C12H11BrN2/c13-12(5-6-12)10-9-4-2-1-3-8(9)7-15-11(10)14/h1-4,7H,5-6H2,(H2,14,15). The number of hydrogen-bond donors (Lipinski definition) is 1. The van der Waals surface area contributed by atoms with Gasteiger partial charge in [-0.05, 0) is 18.2 Å². The smallest absolute Gasteiger partial charge is 0.128 e. The van der Waals surface area contributed by atoms with Crippen LogP contribution in [0, 0.1) is 0 Å². The second-order valence-corrected chi connectivity index (χ2v) is 5.59. The number of rotatable bonds is 1. The van der Waals surface area contributed by atoms with Crippen molar-refractivity contribution in [3.8, 4) is 0 Å². The molecule has 1 aliphatic carbocycles. The number of nitrogens with two attached hydrogens (primary N) is 1. The molecule has 1 saturated carbocycles. The minimum atomic E-state index is 0.0882. The van der Waals surface area contributed by atoms with E-state index in [9.17, 15) is 0 Å². The molecule has 1 aromatic carbocycles. The number of pyridine rings is 1. The van der Waals surface area contributed by atoms with E-state index in [4.69, 9.17) is 5.73 Å².